The van der Waals surface area contributed by atoms with E-state index in [1.165, 1.54) is 0 Å². The van der Waals surface area contributed by atoms with E-state index in [9.17, 15) is 0 Å². The molecule has 0 radical (unpaired) electrons. The van der Waals surface area contributed by atoms with E-state index in [0.29, 0.717) is 0 Å². The van der Waals surface area contributed by atoms with E-state index >= 15 is 0 Å². The van der Waals surface area contributed by atoms with E-state index in [1.54, 1.807) is 0 Å². The molecule has 1 aliphatic heterocycles. The molecule has 0 unspecified atom stereocenters. The zero-order valence-corrected chi connectivity index (χ0v) is 8.75. The Morgan fingerprint density at radius 2 is 1.76 bits per heavy atom. The van der Waals surface area contributed by atoms with Gasteiger partial charge in [0.2, 0.25) is 5.84 Å². The average Bonchev–Trinajstić information content (AvgIpc) is 2.40. The fraction of sp³-hybridized carbons (Fsp3) is 0. The van der Waals surface area contributed by atoms with Crippen molar-refractivity contribution in [3.8, 4) is 0 Å². The van der Waals surface area contributed by atoms with Crippen LogP contribution in [0.3, 0.4) is 0 Å². The summed E-state index contributed by atoms with van der Waals surface area (Å²) in [6.07, 6.45) is 0. The Kier molecular flexibility index (Phi) is 2.06. The number of amidine groups is 2. The van der Waals surface area contributed by atoms with Gasteiger partial charge < -0.3 is 5.21 Å². The third-order valence-corrected chi connectivity index (χ3v) is 2.82. The maximum atomic E-state index is 9.06. The van der Waals surface area contributed by atoms with Gasteiger partial charge in [-0.05, 0) is 5.39 Å². The summed E-state index contributed by atoms with van der Waals surface area (Å²) in [5, 5.41) is 23.1. The van der Waals surface area contributed by atoms with E-state index in [2.05, 4.69) is 10.1 Å². The van der Waals surface area contributed by atoms with Crippen LogP contribution in [0.4, 0.5) is 0 Å². The van der Waals surface area contributed by atoms with E-state index in [0.717, 1.165) is 21.9 Å². The maximum absolute atomic E-state index is 9.06. The second-order valence-corrected chi connectivity index (χ2v) is 3.71. The van der Waals surface area contributed by atoms with Gasteiger partial charge in [0.05, 0.1) is 0 Å². The summed E-state index contributed by atoms with van der Waals surface area (Å²) in [5.41, 5.74) is 3.56. The van der Waals surface area contributed by atoms with Crippen molar-refractivity contribution >= 4 is 22.4 Å². The summed E-state index contributed by atoms with van der Waals surface area (Å²) < 4.78 is 0. The Hall–Kier alpha value is -2.40. The number of aliphatic imine (C=N–C) groups is 1. The van der Waals surface area contributed by atoms with Crippen LogP contribution in [-0.2, 0) is 0 Å². The van der Waals surface area contributed by atoms with Crippen LogP contribution in [0.1, 0.15) is 11.1 Å². The topological polar surface area (TPSA) is 77.2 Å². The van der Waals surface area contributed by atoms with E-state index < -0.39 is 0 Å². The molecule has 5 heteroatoms. The summed E-state index contributed by atoms with van der Waals surface area (Å²) in [5.74, 6) is 0.466. The SMILES string of the molecule is O/N=C1\N=C(NO)c2cccc3cccc1c23. The first-order valence-electron chi connectivity index (χ1n) is 5.08. The lowest BCUT2D eigenvalue weighted by Crippen LogP contribution is -2.25. The maximum Gasteiger partial charge on any atom is 0.201 e. The van der Waals surface area contributed by atoms with E-state index in [1.807, 2.05) is 41.9 Å². The number of hydrogen-bond donors (Lipinski definition) is 3. The molecule has 3 N–H and O–H groups in total. The normalized spacial score (nSPS) is 16.1. The van der Waals surface area contributed by atoms with Crippen LogP contribution in [0.5, 0.6) is 0 Å². The summed E-state index contributed by atoms with van der Waals surface area (Å²) >= 11 is 0. The first-order valence-corrected chi connectivity index (χ1v) is 5.08. The number of rotatable bonds is 0. The zero-order valence-electron chi connectivity index (χ0n) is 8.75. The highest BCUT2D eigenvalue weighted by molar-refractivity contribution is 6.25. The number of nitrogens with one attached hydrogen (secondary N) is 1. The lowest BCUT2D eigenvalue weighted by Gasteiger charge is -2.16. The molecule has 17 heavy (non-hydrogen) atoms. The summed E-state index contributed by atoms with van der Waals surface area (Å²) in [6, 6.07) is 11.4. The minimum Gasteiger partial charge on any atom is -0.409 e. The molecule has 5 nitrogen and oxygen atoms in total. The van der Waals surface area contributed by atoms with Crippen LogP contribution in [0.25, 0.3) is 10.8 Å². The molecule has 3 rings (SSSR count). The molecule has 0 saturated heterocycles. The predicted molar refractivity (Wildman–Crippen MR) is 63.7 cm³/mol. The third kappa shape index (κ3) is 1.29. The molecule has 0 bridgehead atoms. The van der Waals surface area contributed by atoms with Crippen molar-refractivity contribution in [3.05, 3.63) is 47.5 Å². The Labute approximate surface area is 96.7 Å². The van der Waals surface area contributed by atoms with Crippen LogP contribution in [-0.4, -0.2) is 22.1 Å². The molecule has 0 amide bonds. The molecule has 2 aromatic rings. The summed E-state index contributed by atoms with van der Waals surface area (Å²) in [4.78, 5) is 4.04. The average molecular weight is 227 g/mol. The van der Waals surface area contributed by atoms with Crippen molar-refractivity contribution < 1.29 is 10.4 Å². The van der Waals surface area contributed by atoms with E-state index in [-0.39, 0.29) is 11.7 Å². The highest BCUT2D eigenvalue weighted by Crippen LogP contribution is 2.27. The first kappa shape index (κ1) is 9.80. The van der Waals surface area contributed by atoms with Crippen LogP contribution >= 0.6 is 0 Å². The second-order valence-electron chi connectivity index (χ2n) is 3.71. The van der Waals surface area contributed by atoms with Gasteiger partial charge >= 0.3 is 0 Å². The first-order chi connectivity index (χ1) is 8.35. The van der Waals surface area contributed by atoms with Crippen molar-refractivity contribution in [2.24, 2.45) is 10.1 Å². The largest absolute Gasteiger partial charge is 0.409 e. The molecule has 2 aromatic carbocycles. The van der Waals surface area contributed by atoms with Gasteiger partial charge in [-0.2, -0.15) is 0 Å². The molecule has 0 aliphatic carbocycles. The fourth-order valence-corrected chi connectivity index (χ4v) is 2.11. The lowest BCUT2D eigenvalue weighted by molar-refractivity contribution is 0.235. The molecule has 0 saturated carbocycles. The van der Waals surface area contributed by atoms with Gasteiger partial charge in [-0.3, -0.25) is 10.7 Å². The minimum atomic E-state index is 0.186. The lowest BCUT2D eigenvalue weighted by atomic mass is 9.96. The Morgan fingerprint density at radius 3 is 2.41 bits per heavy atom. The van der Waals surface area contributed by atoms with Crippen molar-refractivity contribution in [1.29, 1.82) is 0 Å². The van der Waals surface area contributed by atoms with Gasteiger partial charge in [0.25, 0.3) is 0 Å². The van der Waals surface area contributed by atoms with E-state index in [4.69, 9.17) is 10.4 Å². The van der Waals surface area contributed by atoms with Crippen LogP contribution in [0.15, 0.2) is 46.5 Å². The van der Waals surface area contributed by atoms with Gasteiger partial charge in [-0.1, -0.05) is 41.6 Å². The van der Waals surface area contributed by atoms with Crippen LogP contribution < -0.4 is 5.48 Å². The number of benzene rings is 2. The third-order valence-electron chi connectivity index (χ3n) is 2.82. The monoisotopic (exact) mass is 227 g/mol. The number of hydrogen-bond acceptors (Lipinski definition) is 4. The molecular formula is C12H9N3O2. The zero-order chi connectivity index (χ0) is 11.8. The standard InChI is InChI=1S/C12H9N3O2/c16-14-11-8-5-1-3-7-4-2-6-9(10(7)8)12(13-11)15-17/h1-6,16-17H,(H,13,14,15). The Bertz CT molecular complexity index is 657. The molecule has 1 aliphatic rings. The van der Waals surface area contributed by atoms with Crippen molar-refractivity contribution in [1.82, 2.24) is 5.48 Å². The molecular weight excluding hydrogens is 218 g/mol. The fourth-order valence-electron chi connectivity index (χ4n) is 2.11. The summed E-state index contributed by atoms with van der Waals surface area (Å²) in [7, 11) is 0. The summed E-state index contributed by atoms with van der Waals surface area (Å²) in [6.45, 7) is 0. The van der Waals surface area contributed by atoms with Crippen molar-refractivity contribution in [2.75, 3.05) is 0 Å². The van der Waals surface area contributed by atoms with Crippen LogP contribution in [0.2, 0.25) is 0 Å². The predicted octanol–water partition coefficient (Wildman–Crippen LogP) is 1.71. The van der Waals surface area contributed by atoms with Gasteiger partial charge in [-0.25, -0.2) is 4.99 Å². The molecule has 84 valence electrons. The van der Waals surface area contributed by atoms with Gasteiger partial charge in [0, 0.05) is 16.5 Å². The molecule has 1 heterocycles. The minimum absolute atomic E-state index is 0.186. The highest BCUT2D eigenvalue weighted by atomic mass is 16.5. The Balaban J connectivity index is 2.47. The number of oxime groups is 1. The Morgan fingerprint density at radius 1 is 1.06 bits per heavy atom. The van der Waals surface area contributed by atoms with Crippen LogP contribution in [0, 0.1) is 0 Å². The second kappa shape index (κ2) is 3.57. The number of hydroxylamine groups is 1. The molecule has 0 spiro atoms. The number of nitrogens with zero attached hydrogens (tertiary/aromatic N) is 2. The molecule has 0 aromatic heterocycles. The van der Waals surface area contributed by atoms with Crippen molar-refractivity contribution in [2.45, 2.75) is 0 Å². The molecule has 0 fully saturated rings. The van der Waals surface area contributed by atoms with Crippen molar-refractivity contribution in [3.63, 3.8) is 0 Å². The van der Waals surface area contributed by atoms with Gasteiger partial charge in [0.1, 0.15) is 0 Å². The quantitative estimate of drug-likeness (QED) is 0.473. The highest BCUT2D eigenvalue weighted by Gasteiger charge is 2.20. The van der Waals surface area contributed by atoms with Gasteiger partial charge in [-0.15, -0.1) is 0 Å². The van der Waals surface area contributed by atoms with Gasteiger partial charge in [0.15, 0.2) is 5.84 Å². The smallest absolute Gasteiger partial charge is 0.201 e. The molecule has 0 atom stereocenters.